The van der Waals surface area contributed by atoms with Gasteiger partial charge in [0, 0.05) is 47.3 Å². The monoisotopic (exact) mass is 310 g/mol. The highest BCUT2D eigenvalue weighted by molar-refractivity contribution is 7.85. The lowest BCUT2D eigenvalue weighted by atomic mass is 10.3. The lowest BCUT2D eigenvalue weighted by Crippen LogP contribution is -2.38. The van der Waals surface area contributed by atoms with Gasteiger partial charge < -0.3 is 10.2 Å². The average molecular weight is 310 g/mol. The third-order valence-electron chi connectivity index (χ3n) is 3.47. The van der Waals surface area contributed by atoms with Crippen LogP contribution in [0.4, 0.5) is 11.8 Å². The van der Waals surface area contributed by atoms with Gasteiger partial charge >= 0.3 is 0 Å². The molecule has 0 saturated carbocycles. The molecule has 108 valence electrons. The van der Waals surface area contributed by atoms with Crippen molar-refractivity contribution in [3.8, 4) is 0 Å². The summed E-state index contributed by atoms with van der Waals surface area (Å²) in [5, 5.41) is 4.16. The molecule has 7 heteroatoms. The molecule has 0 bridgehead atoms. The second kappa shape index (κ2) is 5.65. The number of hydrogen-bond acceptors (Lipinski definition) is 6. The van der Waals surface area contributed by atoms with Crippen LogP contribution >= 0.6 is 11.3 Å². The van der Waals surface area contributed by atoms with E-state index in [1.165, 1.54) is 4.88 Å². The molecule has 0 spiro atoms. The predicted octanol–water partition coefficient (Wildman–Crippen LogP) is 1.86. The van der Waals surface area contributed by atoms with Crippen molar-refractivity contribution in [3.63, 3.8) is 0 Å². The molecule has 2 aromatic heterocycles. The Bertz CT molecular complexity index is 645. The second-order valence-corrected chi connectivity index (χ2v) is 7.55. The Morgan fingerprint density at radius 1 is 1.40 bits per heavy atom. The first-order valence-corrected chi connectivity index (χ1v) is 9.10. The maximum atomic E-state index is 11.5. The van der Waals surface area contributed by atoms with Gasteiger partial charge in [0.1, 0.15) is 10.6 Å². The third-order valence-corrected chi connectivity index (χ3v) is 5.92. The number of nitrogens with one attached hydrogen (secondary N) is 1. The van der Waals surface area contributed by atoms with Crippen molar-refractivity contribution in [2.45, 2.75) is 13.3 Å². The Labute approximate surface area is 124 Å². The highest BCUT2D eigenvalue weighted by atomic mass is 32.2. The third kappa shape index (κ3) is 2.52. The lowest BCUT2D eigenvalue weighted by Gasteiger charge is -2.28. The topological polar surface area (TPSA) is 58.1 Å². The molecular formula is C13H18N4OS2. The van der Waals surface area contributed by atoms with Gasteiger partial charge in [0.25, 0.3) is 0 Å². The van der Waals surface area contributed by atoms with Crippen molar-refractivity contribution in [1.82, 2.24) is 9.97 Å². The molecule has 0 amide bonds. The van der Waals surface area contributed by atoms with E-state index in [2.05, 4.69) is 33.2 Å². The molecule has 5 nitrogen and oxygen atoms in total. The molecule has 2 aromatic rings. The Morgan fingerprint density at radius 3 is 2.80 bits per heavy atom. The molecule has 0 aromatic carbocycles. The summed E-state index contributed by atoms with van der Waals surface area (Å²) in [6.45, 7) is 3.76. The van der Waals surface area contributed by atoms with Crippen LogP contribution in [-0.2, 0) is 17.2 Å². The van der Waals surface area contributed by atoms with Crippen LogP contribution in [0.3, 0.4) is 0 Å². The Kier molecular flexibility index (Phi) is 3.89. The molecule has 0 aliphatic carbocycles. The van der Waals surface area contributed by atoms with E-state index >= 15 is 0 Å². The molecule has 20 heavy (non-hydrogen) atoms. The Morgan fingerprint density at radius 2 is 2.15 bits per heavy atom. The number of thiophene rings is 1. The van der Waals surface area contributed by atoms with E-state index in [0.29, 0.717) is 5.95 Å². The van der Waals surface area contributed by atoms with Gasteiger partial charge in [0.15, 0.2) is 0 Å². The van der Waals surface area contributed by atoms with Crippen molar-refractivity contribution in [2.75, 3.05) is 41.9 Å². The molecular weight excluding hydrogens is 292 g/mol. The molecule has 3 rings (SSSR count). The van der Waals surface area contributed by atoms with E-state index in [1.54, 1.807) is 11.3 Å². The van der Waals surface area contributed by atoms with Gasteiger partial charge in [-0.2, -0.15) is 4.98 Å². The largest absolute Gasteiger partial charge is 0.357 e. The quantitative estimate of drug-likeness (QED) is 0.938. The van der Waals surface area contributed by atoms with Crippen LogP contribution in [0.25, 0.3) is 10.2 Å². The van der Waals surface area contributed by atoms with Gasteiger partial charge in [-0.15, -0.1) is 11.3 Å². The van der Waals surface area contributed by atoms with Gasteiger partial charge in [-0.3, -0.25) is 4.21 Å². The summed E-state index contributed by atoms with van der Waals surface area (Å²) in [7, 11) is 1.17. The summed E-state index contributed by atoms with van der Waals surface area (Å²) in [5.74, 6) is 3.09. The number of anilines is 2. The van der Waals surface area contributed by atoms with Crippen LogP contribution in [0.1, 0.15) is 11.8 Å². The maximum absolute atomic E-state index is 11.5. The normalized spacial score (nSPS) is 16.8. The Hall–Kier alpha value is -1.21. The standard InChI is InChI=1S/C13H18N4OS2/c1-3-9-8-10-11(17-4-6-20(18)7-5-17)15-13(14-2)16-12(10)19-9/h8H,3-7H2,1-2H3,(H,14,15,16). The fourth-order valence-electron chi connectivity index (χ4n) is 2.33. The summed E-state index contributed by atoms with van der Waals surface area (Å²) in [5.41, 5.74) is 0. The zero-order chi connectivity index (χ0) is 14.1. The van der Waals surface area contributed by atoms with Crippen molar-refractivity contribution in [1.29, 1.82) is 0 Å². The maximum Gasteiger partial charge on any atom is 0.225 e. The molecule has 1 N–H and O–H groups in total. The second-order valence-electron chi connectivity index (χ2n) is 4.74. The Balaban J connectivity index is 2.07. The van der Waals surface area contributed by atoms with Crippen molar-refractivity contribution in [3.05, 3.63) is 10.9 Å². The summed E-state index contributed by atoms with van der Waals surface area (Å²) in [6, 6.07) is 2.19. The average Bonchev–Trinajstić information content (AvgIpc) is 2.90. The van der Waals surface area contributed by atoms with E-state index in [-0.39, 0.29) is 0 Å². The number of rotatable bonds is 3. The molecule has 0 atom stereocenters. The number of aromatic nitrogens is 2. The number of fused-ring (bicyclic) bond motifs is 1. The minimum Gasteiger partial charge on any atom is -0.357 e. The van der Waals surface area contributed by atoms with E-state index in [1.807, 2.05) is 7.05 Å². The van der Waals surface area contributed by atoms with E-state index in [4.69, 9.17) is 0 Å². The van der Waals surface area contributed by atoms with Crippen LogP contribution in [0.5, 0.6) is 0 Å². The lowest BCUT2D eigenvalue weighted by molar-refractivity contribution is 0.672. The molecule has 0 unspecified atom stereocenters. The van der Waals surface area contributed by atoms with Gasteiger partial charge in [0.2, 0.25) is 5.95 Å². The molecule has 1 aliphatic rings. The number of hydrogen-bond donors (Lipinski definition) is 1. The van der Waals surface area contributed by atoms with Gasteiger partial charge in [-0.1, -0.05) is 6.92 Å². The van der Waals surface area contributed by atoms with Crippen molar-refractivity contribution in [2.24, 2.45) is 0 Å². The minimum absolute atomic E-state index is 0.656. The summed E-state index contributed by atoms with van der Waals surface area (Å²) < 4.78 is 11.5. The first-order valence-electron chi connectivity index (χ1n) is 6.79. The van der Waals surface area contributed by atoms with E-state index in [0.717, 1.165) is 47.1 Å². The predicted molar refractivity (Wildman–Crippen MR) is 86.4 cm³/mol. The highest BCUT2D eigenvalue weighted by Gasteiger charge is 2.21. The number of aryl methyl sites for hydroxylation is 1. The van der Waals surface area contributed by atoms with Gasteiger partial charge in [-0.05, 0) is 12.5 Å². The van der Waals surface area contributed by atoms with Crippen LogP contribution in [0.2, 0.25) is 0 Å². The molecule has 1 saturated heterocycles. The van der Waals surface area contributed by atoms with Crippen LogP contribution < -0.4 is 10.2 Å². The van der Waals surface area contributed by atoms with Crippen molar-refractivity contribution < 1.29 is 4.21 Å². The zero-order valence-electron chi connectivity index (χ0n) is 11.7. The van der Waals surface area contributed by atoms with Crippen LogP contribution in [0, 0.1) is 0 Å². The molecule has 1 aliphatic heterocycles. The van der Waals surface area contributed by atoms with Crippen molar-refractivity contribution >= 4 is 44.1 Å². The number of nitrogens with zero attached hydrogens (tertiary/aromatic N) is 3. The van der Waals surface area contributed by atoms with Gasteiger partial charge in [0.05, 0.1) is 5.39 Å². The van der Waals surface area contributed by atoms with E-state index in [9.17, 15) is 4.21 Å². The summed E-state index contributed by atoms with van der Waals surface area (Å²) in [6.07, 6.45) is 1.01. The summed E-state index contributed by atoms with van der Waals surface area (Å²) >= 11 is 1.73. The first-order chi connectivity index (χ1) is 9.71. The SMILES string of the molecule is CCc1cc2c(N3CCS(=O)CC3)nc(NC)nc2s1. The fraction of sp³-hybridized carbons (Fsp3) is 0.538. The van der Waals surface area contributed by atoms with Gasteiger partial charge in [-0.25, -0.2) is 4.98 Å². The molecule has 0 radical (unpaired) electrons. The minimum atomic E-state index is -0.670. The zero-order valence-corrected chi connectivity index (χ0v) is 13.3. The molecule has 3 heterocycles. The van der Waals surface area contributed by atoms with Crippen LogP contribution in [0.15, 0.2) is 6.07 Å². The smallest absolute Gasteiger partial charge is 0.225 e. The fourth-order valence-corrected chi connectivity index (χ4v) is 4.35. The van der Waals surface area contributed by atoms with Crippen LogP contribution in [-0.4, -0.2) is 45.8 Å². The highest BCUT2D eigenvalue weighted by Crippen LogP contribution is 2.32. The molecule has 1 fully saturated rings. The van der Waals surface area contributed by atoms with E-state index < -0.39 is 10.8 Å². The first kappa shape index (κ1) is 13.8. The summed E-state index contributed by atoms with van der Waals surface area (Å²) in [4.78, 5) is 13.8.